The number of ether oxygens (including phenoxy) is 1. The molecule has 0 aliphatic heterocycles. The highest BCUT2D eigenvalue weighted by Gasteiger charge is 2.78. The van der Waals surface area contributed by atoms with Gasteiger partial charge >= 0.3 is 5.97 Å². The normalized spacial score (nSPS) is 37.2. The first-order valence-corrected chi connectivity index (χ1v) is 20.0. The Hall–Kier alpha value is -1.80. The summed E-state index contributed by atoms with van der Waals surface area (Å²) in [5.41, 5.74) is -6.31. The quantitative estimate of drug-likeness (QED) is 0.0930. The van der Waals surface area contributed by atoms with Crippen molar-refractivity contribution in [3.8, 4) is 0 Å². The van der Waals surface area contributed by atoms with E-state index in [0.29, 0.717) is 12.8 Å². The number of aliphatic hydroxyl groups is 1. The monoisotopic (exact) mass is 690 g/mol. The maximum absolute atomic E-state index is 17.6. The maximum Gasteiger partial charge on any atom is 0.306 e. The number of ketones is 1. The molecule has 8 heteroatoms. The predicted octanol–water partition coefficient (Wildman–Crippen LogP) is 9.76. The molecule has 5 nitrogen and oxygen atoms in total. The third-order valence-electron chi connectivity index (χ3n) is 12.6. The first-order chi connectivity index (χ1) is 22.8. The topological polar surface area (TPSA) is 80.7 Å². The van der Waals surface area contributed by atoms with Crippen LogP contribution in [0.4, 0.5) is 8.78 Å². The summed E-state index contributed by atoms with van der Waals surface area (Å²) in [5, 5.41) is 11.4. The van der Waals surface area contributed by atoms with Gasteiger partial charge in [-0.05, 0) is 88.2 Å². The van der Waals surface area contributed by atoms with E-state index < -0.39 is 58.1 Å². The molecule has 0 bridgehead atoms. The second kappa shape index (κ2) is 16.5. The number of unbranched alkanes of at least 4 members (excludes halogenated alkanes) is 11. The van der Waals surface area contributed by atoms with Crippen LogP contribution in [0.2, 0.25) is 0 Å². The van der Waals surface area contributed by atoms with Gasteiger partial charge in [0.05, 0.1) is 6.10 Å². The van der Waals surface area contributed by atoms with Crippen LogP contribution >= 0.6 is 11.8 Å². The average molecular weight is 691 g/mol. The van der Waals surface area contributed by atoms with Gasteiger partial charge in [0.2, 0.25) is 5.12 Å². The van der Waals surface area contributed by atoms with Crippen molar-refractivity contribution in [1.82, 2.24) is 0 Å². The molecule has 4 aliphatic rings. The molecule has 270 valence electrons. The molecular weight excluding hydrogens is 630 g/mol. The Morgan fingerprint density at radius 3 is 2.21 bits per heavy atom. The fourth-order valence-electron chi connectivity index (χ4n) is 9.94. The number of thioether (sulfide) groups is 1. The number of halogens is 2. The van der Waals surface area contributed by atoms with Gasteiger partial charge in [0, 0.05) is 29.1 Å². The molecule has 0 aromatic carbocycles. The SMILES string of the molecule is CCCCCCCC/C=C/CCCCCCCC(=O)O[C@]1(C(=O)SC)[C@H](C)CC2C3C[C@H](F)C4=CC(=O)C=C[C@]4(C)[C@@]3(F)[C@@H](O)C[C@@]21C. The molecule has 0 amide bonds. The molecule has 4 rings (SSSR count). The predicted molar refractivity (Wildman–Crippen MR) is 190 cm³/mol. The molecule has 0 saturated heterocycles. The molecular formula is C40H60F2O5S. The van der Waals surface area contributed by atoms with E-state index in [1.54, 1.807) is 13.2 Å². The third-order valence-corrected chi connectivity index (χ3v) is 13.2. The molecule has 9 atom stereocenters. The Labute approximate surface area is 292 Å². The summed E-state index contributed by atoms with van der Waals surface area (Å²) in [6.07, 6.45) is 22.2. The second-order valence-corrected chi connectivity index (χ2v) is 16.3. The summed E-state index contributed by atoms with van der Waals surface area (Å²) in [5.74, 6) is -2.71. The smallest absolute Gasteiger partial charge is 0.306 e. The van der Waals surface area contributed by atoms with Gasteiger partial charge in [0.25, 0.3) is 0 Å². The molecule has 0 aromatic heterocycles. The van der Waals surface area contributed by atoms with Crippen molar-refractivity contribution in [2.24, 2.45) is 28.6 Å². The zero-order valence-electron chi connectivity index (χ0n) is 30.0. The van der Waals surface area contributed by atoms with Crippen LogP contribution in [0.3, 0.4) is 0 Å². The molecule has 2 unspecified atom stereocenters. The van der Waals surface area contributed by atoms with Crippen LogP contribution in [0.25, 0.3) is 0 Å². The number of carbonyl (C=O) groups is 3. The van der Waals surface area contributed by atoms with Crippen LogP contribution in [0.5, 0.6) is 0 Å². The Morgan fingerprint density at radius 2 is 1.58 bits per heavy atom. The van der Waals surface area contributed by atoms with Gasteiger partial charge < -0.3 is 9.84 Å². The summed E-state index contributed by atoms with van der Waals surface area (Å²) >= 11 is 0.989. The molecule has 0 heterocycles. The second-order valence-electron chi connectivity index (χ2n) is 15.5. The first-order valence-electron chi connectivity index (χ1n) is 18.7. The molecule has 0 aromatic rings. The maximum atomic E-state index is 17.6. The summed E-state index contributed by atoms with van der Waals surface area (Å²) in [6.45, 7) is 7.50. The van der Waals surface area contributed by atoms with Gasteiger partial charge in [0.1, 0.15) is 6.17 Å². The van der Waals surface area contributed by atoms with Crippen LogP contribution in [-0.2, 0) is 19.1 Å². The lowest BCUT2D eigenvalue weighted by Gasteiger charge is -2.63. The third kappa shape index (κ3) is 7.18. The van der Waals surface area contributed by atoms with Crippen molar-refractivity contribution < 1.29 is 33.0 Å². The minimum Gasteiger partial charge on any atom is -0.449 e. The first kappa shape index (κ1) is 39.0. The fraction of sp³-hybridized carbons (Fsp3) is 0.775. The number of hydrogen-bond donors (Lipinski definition) is 1. The largest absolute Gasteiger partial charge is 0.449 e. The van der Waals surface area contributed by atoms with Crippen molar-refractivity contribution in [2.75, 3.05) is 6.26 Å². The van der Waals surface area contributed by atoms with E-state index in [4.69, 9.17) is 4.74 Å². The van der Waals surface area contributed by atoms with Crippen LogP contribution in [0.15, 0.2) is 36.0 Å². The zero-order chi connectivity index (χ0) is 35.2. The number of aliphatic hydroxyl groups excluding tert-OH is 1. The molecule has 0 spiro atoms. The molecule has 0 radical (unpaired) electrons. The van der Waals surface area contributed by atoms with Crippen molar-refractivity contribution >= 4 is 28.6 Å². The summed E-state index contributed by atoms with van der Waals surface area (Å²) < 4.78 is 39.7. The number of rotatable bonds is 17. The Kier molecular flexibility index (Phi) is 13.4. The van der Waals surface area contributed by atoms with Crippen LogP contribution in [0.1, 0.15) is 137 Å². The van der Waals surface area contributed by atoms with Gasteiger partial charge in [-0.25, -0.2) is 8.78 Å². The van der Waals surface area contributed by atoms with Gasteiger partial charge in [-0.15, -0.1) is 0 Å². The minimum absolute atomic E-state index is 0.0697. The summed E-state index contributed by atoms with van der Waals surface area (Å²) in [4.78, 5) is 39.4. The highest BCUT2D eigenvalue weighted by atomic mass is 32.2. The highest BCUT2D eigenvalue weighted by molar-refractivity contribution is 8.13. The highest BCUT2D eigenvalue weighted by Crippen LogP contribution is 2.72. The lowest BCUT2D eigenvalue weighted by Crippen LogP contribution is -2.70. The Morgan fingerprint density at radius 1 is 0.979 bits per heavy atom. The standard InChI is InChI=1S/C40H60F2O5S/c1-6-7-8-9-10-11-12-13-14-15-16-17-18-19-20-21-35(45)47-40(36(46)48-5)28(2)24-30-31-26-33(41)32-25-29(43)22-23-37(32,3)39(31,42)34(44)27-38(30,40)4/h13-14,22-23,25,28,30-31,33-34,44H,6-12,15-21,24,26-27H2,1-5H3/b14-13+/t28-,30?,31?,33+,34+,37+,38+,39+,40+/m1/s1. The van der Waals surface area contributed by atoms with E-state index in [2.05, 4.69) is 19.1 Å². The van der Waals surface area contributed by atoms with Gasteiger partial charge in [-0.2, -0.15) is 0 Å². The molecule has 3 fully saturated rings. The number of carbonyl (C=O) groups excluding carboxylic acids is 3. The van der Waals surface area contributed by atoms with Crippen LogP contribution < -0.4 is 0 Å². The molecule has 3 saturated carbocycles. The Bertz CT molecular complexity index is 1250. The minimum atomic E-state index is -2.24. The van der Waals surface area contributed by atoms with Gasteiger partial charge in [-0.3, -0.25) is 14.4 Å². The van der Waals surface area contributed by atoms with Crippen molar-refractivity contribution in [2.45, 2.75) is 160 Å². The van der Waals surface area contributed by atoms with Crippen molar-refractivity contribution in [1.29, 1.82) is 0 Å². The number of esters is 1. The van der Waals surface area contributed by atoms with E-state index in [0.717, 1.165) is 50.3 Å². The Balaban J connectivity index is 1.34. The summed E-state index contributed by atoms with van der Waals surface area (Å²) in [7, 11) is 0. The van der Waals surface area contributed by atoms with Gasteiger partial charge in [0.15, 0.2) is 17.1 Å². The number of fused-ring (bicyclic) bond motifs is 5. The van der Waals surface area contributed by atoms with Crippen molar-refractivity contribution in [3.63, 3.8) is 0 Å². The molecule has 4 aliphatic carbocycles. The summed E-state index contributed by atoms with van der Waals surface area (Å²) in [6, 6.07) is 0. The van der Waals surface area contributed by atoms with Crippen molar-refractivity contribution in [3.05, 3.63) is 36.0 Å². The number of hydrogen-bond acceptors (Lipinski definition) is 6. The number of allylic oxidation sites excluding steroid dienone is 6. The average Bonchev–Trinajstić information content (AvgIpc) is 3.26. The lowest BCUT2D eigenvalue weighted by molar-refractivity contribution is -0.228. The van der Waals surface area contributed by atoms with Gasteiger partial charge in [-0.1, -0.05) is 102 Å². The lowest BCUT2D eigenvalue weighted by atomic mass is 9.44. The van der Waals surface area contributed by atoms with E-state index in [-0.39, 0.29) is 35.7 Å². The van der Waals surface area contributed by atoms with E-state index in [1.807, 2.05) is 13.8 Å². The zero-order valence-corrected chi connectivity index (χ0v) is 30.9. The fourth-order valence-corrected chi connectivity index (χ4v) is 10.7. The number of alkyl halides is 2. The van der Waals surface area contributed by atoms with E-state index in [1.165, 1.54) is 56.8 Å². The van der Waals surface area contributed by atoms with Crippen LogP contribution in [0, 0.1) is 28.6 Å². The molecule has 48 heavy (non-hydrogen) atoms. The molecule has 1 N–H and O–H groups in total. The van der Waals surface area contributed by atoms with E-state index >= 15 is 8.78 Å². The van der Waals surface area contributed by atoms with Crippen LogP contribution in [-0.4, -0.2) is 51.8 Å². The van der Waals surface area contributed by atoms with E-state index in [9.17, 15) is 19.5 Å².